The molecule has 2 fully saturated rings. The van der Waals surface area contributed by atoms with E-state index in [1.54, 1.807) is 24.6 Å². The molecule has 5 heterocycles. The number of carboxylic acids is 1. The van der Waals surface area contributed by atoms with Crippen molar-refractivity contribution in [2.75, 3.05) is 31.7 Å². The zero-order valence-corrected chi connectivity index (χ0v) is 24.0. The van der Waals surface area contributed by atoms with Crippen molar-refractivity contribution >= 4 is 64.7 Å². The van der Waals surface area contributed by atoms with Crippen LogP contribution in [0.2, 0.25) is 0 Å². The number of aromatic nitrogens is 4. The molecule has 0 radical (unpaired) electrons. The summed E-state index contributed by atoms with van der Waals surface area (Å²) in [5, 5.41) is 31.2. The van der Waals surface area contributed by atoms with Gasteiger partial charge in [0.25, 0.3) is 17.5 Å². The highest BCUT2D eigenvalue weighted by molar-refractivity contribution is 8.01. The number of carbonyl (C=O) groups is 5. The van der Waals surface area contributed by atoms with Crippen molar-refractivity contribution in [1.29, 1.82) is 0 Å². The SMILES string of the molecule is CO[C@]1(NC(=O)C(NC(=O)NN2CCNC2=O)c2cccs2)C(=O)N2C(C(=O)O)=C(CSc3nnnn3C)CSC21. The summed E-state index contributed by atoms with van der Waals surface area (Å²) in [4.78, 5) is 65.4. The number of ether oxygens (including phenoxy) is 1. The number of rotatable bonds is 10. The molecule has 0 aromatic carbocycles. The van der Waals surface area contributed by atoms with Crippen LogP contribution < -0.4 is 21.4 Å². The van der Waals surface area contributed by atoms with Crippen LogP contribution in [0.3, 0.4) is 0 Å². The van der Waals surface area contributed by atoms with Crippen LogP contribution in [0.4, 0.5) is 9.59 Å². The van der Waals surface area contributed by atoms with Crippen molar-refractivity contribution in [2.24, 2.45) is 7.05 Å². The zero-order valence-electron chi connectivity index (χ0n) is 21.5. The Morgan fingerprint density at radius 2 is 2.17 bits per heavy atom. The molecule has 0 bridgehead atoms. The Bertz CT molecular complexity index is 1420. The van der Waals surface area contributed by atoms with E-state index in [-0.39, 0.29) is 23.7 Å². The highest BCUT2D eigenvalue weighted by Crippen LogP contribution is 2.47. The van der Waals surface area contributed by atoms with E-state index in [4.69, 9.17) is 4.74 Å². The van der Waals surface area contributed by atoms with Gasteiger partial charge < -0.3 is 25.8 Å². The van der Waals surface area contributed by atoms with Crippen molar-refractivity contribution < 1.29 is 33.8 Å². The number of hydrogen-bond donors (Lipinski definition) is 5. The van der Waals surface area contributed by atoms with E-state index in [0.29, 0.717) is 22.2 Å². The number of nitrogens with zero attached hydrogens (tertiary/aromatic N) is 6. The summed E-state index contributed by atoms with van der Waals surface area (Å²) in [6.07, 6.45) is 0. The van der Waals surface area contributed by atoms with Crippen LogP contribution in [0.25, 0.3) is 0 Å². The second kappa shape index (κ2) is 11.5. The van der Waals surface area contributed by atoms with E-state index >= 15 is 0 Å². The first-order valence-corrected chi connectivity index (χ1v) is 14.9. The average molecular weight is 625 g/mol. The van der Waals surface area contributed by atoms with E-state index < -0.39 is 47.0 Å². The van der Waals surface area contributed by atoms with Gasteiger partial charge in [0.2, 0.25) is 5.16 Å². The average Bonchev–Trinajstić information content (AvgIpc) is 3.72. The molecule has 5 rings (SSSR count). The van der Waals surface area contributed by atoms with Crippen LogP contribution in [0.1, 0.15) is 10.9 Å². The largest absolute Gasteiger partial charge is 0.477 e. The standard InChI is InChI=1S/C21H24N10O7S3/c1-29-20(25-27-28-29)41-9-10-8-40-17-21(38-2,16(35)31(17)13(10)15(33)34)24-14(32)12(11-4-3-7-39-11)23-18(36)26-30-6-5-22-19(30)37/h3-4,7,12,17H,5-6,8-9H2,1-2H3,(H,22,37)(H,24,32)(H,33,34)(H2,23,26,36)/t12?,17?,21-/m1/s1. The Morgan fingerprint density at radius 3 is 2.78 bits per heavy atom. The fourth-order valence-electron chi connectivity index (χ4n) is 4.39. The molecule has 17 nitrogen and oxygen atoms in total. The second-order valence-corrected chi connectivity index (χ2v) is 11.8. The number of tetrazole rings is 1. The van der Waals surface area contributed by atoms with E-state index in [1.807, 2.05) is 0 Å². The number of fused-ring (bicyclic) bond motifs is 1. The number of hydrazine groups is 1. The monoisotopic (exact) mass is 624 g/mol. The normalized spacial score (nSPS) is 22.5. The molecule has 20 heteroatoms. The lowest BCUT2D eigenvalue weighted by Crippen LogP contribution is -2.81. The smallest absolute Gasteiger partial charge is 0.352 e. The van der Waals surface area contributed by atoms with E-state index in [2.05, 4.69) is 36.9 Å². The minimum absolute atomic E-state index is 0.195. The lowest BCUT2D eigenvalue weighted by Gasteiger charge is -2.56. The molecule has 5 N–H and O–H groups in total. The molecule has 0 aliphatic carbocycles. The molecule has 3 aliphatic heterocycles. The van der Waals surface area contributed by atoms with Gasteiger partial charge in [0, 0.05) is 37.1 Å². The molecule has 3 atom stereocenters. The minimum Gasteiger partial charge on any atom is -0.477 e. The molecule has 2 aromatic heterocycles. The van der Waals surface area contributed by atoms with Gasteiger partial charge >= 0.3 is 18.0 Å². The Labute approximate surface area is 244 Å². The maximum Gasteiger partial charge on any atom is 0.352 e. The number of thioether (sulfide) groups is 2. The van der Waals surface area contributed by atoms with Crippen LogP contribution in [-0.2, 0) is 26.2 Å². The Morgan fingerprint density at radius 1 is 1.37 bits per heavy atom. The highest BCUT2D eigenvalue weighted by atomic mass is 32.2. The van der Waals surface area contributed by atoms with E-state index in [9.17, 15) is 29.1 Å². The number of urea groups is 2. The molecule has 218 valence electrons. The van der Waals surface area contributed by atoms with Crippen LogP contribution in [-0.4, -0.2) is 108 Å². The van der Waals surface area contributed by atoms with E-state index in [0.717, 1.165) is 9.91 Å². The van der Waals surface area contributed by atoms with Crippen molar-refractivity contribution in [3.05, 3.63) is 33.7 Å². The lowest BCUT2D eigenvalue weighted by atomic mass is 9.97. The molecule has 2 aromatic rings. The minimum atomic E-state index is -1.88. The van der Waals surface area contributed by atoms with Crippen LogP contribution >= 0.6 is 34.9 Å². The van der Waals surface area contributed by atoms with Gasteiger partial charge in [0.15, 0.2) is 0 Å². The van der Waals surface area contributed by atoms with Gasteiger partial charge in [-0.05, 0) is 27.4 Å². The third-order valence-electron chi connectivity index (χ3n) is 6.36. The first-order valence-electron chi connectivity index (χ1n) is 11.9. The maximum atomic E-state index is 13.6. The summed E-state index contributed by atoms with van der Waals surface area (Å²) in [5.41, 5.74) is 0.792. The third-order valence-corrected chi connectivity index (χ3v) is 9.77. The van der Waals surface area contributed by atoms with E-state index in [1.165, 1.54) is 46.7 Å². The molecule has 6 amide bonds. The second-order valence-electron chi connectivity index (χ2n) is 8.82. The van der Waals surface area contributed by atoms with Crippen LogP contribution in [0.15, 0.2) is 33.9 Å². The summed E-state index contributed by atoms with van der Waals surface area (Å²) < 4.78 is 6.98. The van der Waals surface area contributed by atoms with Gasteiger partial charge in [-0.1, -0.05) is 17.8 Å². The third kappa shape index (κ3) is 5.29. The summed E-state index contributed by atoms with van der Waals surface area (Å²) in [6, 6.07) is 0.770. The number of carboxylic acid groups (broad SMARTS) is 1. The topological polar surface area (TPSA) is 213 Å². The van der Waals surface area contributed by atoms with Crippen molar-refractivity contribution in [2.45, 2.75) is 22.3 Å². The molecular formula is C21H24N10O7S3. The molecule has 41 heavy (non-hydrogen) atoms. The molecule has 2 unspecified atom stereocenters. The number of hydrogen-bond acceptors (Lipinski definition) is 12. The number of amides is 6. The molecular weight excluding hydrogens is 600 g/mol. The number of thiophene rings is 1. The van der Waals surface area contributed by atoms with Gasteiger partial charge in [-0.15, -0.1) is 28.2 Å². The number of nitrogens with one attached hydrogen (secondary N) is 4. The van der Waals surface area contributed by atoms with Gasteiger partial charge in [0.1, 0.15) is 17.1 Å². The Balaban J connectivity index is 1.33. The first kappa shape index (κ1) is 28.6. The molecule has 0 spiro atoms. The number of carbonyl (C=O) groups excluding carboxylic acids is 4. The maximum absolute atomic E-state index is 13.6. The quantitative estimate of drug-likeness (QED) is 0.123. The lowest BCUT2D eigenvalue weighted by molar-refractivity contribution is -0.192. The predicted molar refractivity (Wildman–Crippen MR) is 144 cm³/mol. The summed E-state index contributed by atoms with van der Waals surface area (Å²) in [5.74, 6) is -2.37. The summed E-state index contributed by atoms with van der Waals surface area (Å²) >= 11 is 3.65. The van der Waals surface area contributed by atoms with Gasteiger partial charge in [-0.2, -0.15) is 0 Å². The van der Waals surface area contributed by atoms with Crippen molar-refractivity contribution in [1.82, 2.24) is 51.5 Å². The van der Waals surface area contributed by atoms with Crippen molar-refractivity contribution in [3.8, 4) is 0 Å². The van der Waals surface area contributed by atoms with Crippen molar-refractivity contribution in [3.63, 3.8) is 0 Å². The number of β-lactam (4-membered cyclic amide) rings is 1. The summed E-state index contributed by atoms with van der Waals surface area (Å²) in [6.45, 7) is 0.597. The number of methoxy groups -OCH3 is 1. The molecule has 0 saturated carbocycles. The van der Waals surface area contributed by atoms with Crippen LogP contribution in [0, 0.1) is 0 Å². The predicted octanol–water partition coefficient (Wildman–Crippen LogP) is -0.943. The summed E-state index contributed by atoms with van der Waals surface area (Å²) in [7, 11) is 2.89. The fraction of sp³-hybridized carbons (Fsp3) is 0.429. The van der Waals surface area contributed by atoms with Gasteiger partial charge in [-0.25, -0.2) is 29.5 Å². The highest BCUT2D eigenvalue weighted by Gasteiger charge is 2.67. The fourth-order valence-corrected chi connectivity index (χ4v) is 7.59. The first-order chi connectivity index (χ1) is 19.7. The molecule has 2 saturated heterocycles. The van der Waals surface area contributed by atoms with Gasteiger partial charge in [0.05, 0.1) is 6.54 Å². The number of aliphatic carboxylic acids is 1. The van der Waals surface area contributed by atoms with Gasteiger partial charge in [-0.3, -0.25) is 14.5 Å². The number of aryl methyl sites for hydroxylation is 1. The Hall–Kier alpha value is -3.88. The van der Waals surface area contributed by atoms with Crippen LogP contribution in [0.5, 0.6) is 0 Å². The molecule has 3 aliphatic rings. The zero-order chi connectivity index (χ0) is 29.3. The Kier molecular flexibility index (Phi) is 8.07.